The van der Waals surface area contributed by atoms with Gasteiger partial charge in [0, 0.05) is 12.6 Å². The van der Waals surface area contributed by atoms with Crippen molar-refractivity contribution < 1.29 is 9.53 Å². The number of halogens is 1. The molecule has 0 N–H and O–H groups in total. The number of rotatable bonds is 3. The van der Waals surface area contributed by atoms with Crippen molar-refractivity contribution in [1.29, 1.82) is 0 Å². The average Bonchev–Trinajstić information content (AvgIpc) is 2.66. The van der Waals surface area contributed by atoms with E-state index in [4.69, 9.17) is 4.74 Å². The van der Waals surface area contributed by atoms with Crippen molar-refractivity contribution in [2.45, 2.75) is 6.92 Å². The lowest BCUT2D eigenvalue weighted by atomic mass is 10.2. The molecule has 0 saturated carbocycles. The Kier molecular flexibility index (Phi) is 3.81. The van der Waals surface area contributed by atoms with Crippen LogP contribution >= 0.6 is 15.9 Å². The molecule has 1 heterocycles. The van der Waals surface area contributed by atoms with Crippen molar-refractivity contribution >= 4 is 21.9 Å². The van der Waals surface area contributed by atoms with Gasteiger partial charge in [0.2, 0.25) is 0 Å². The van der Waals surface area contributed by atoms with Crippen molar-refractivity contribution in [1.82, 2.24) is 9.55 Å². The number of imidazole rings is 1. The summed E-state index contributed by atoms with van der Waals surface area (Å²) in [7, 11) is 1.80. The third-order valence-electron chi connectivity index (χ3n) is 2.55. The molecule has 0 fully saturated rings. The third-order valence-corrected chi connectivity index (χ3v) is 3.11. The van der Waals surface area contributed by atoms with E-state index in [1.807, 2.05) is 30.3 Å². The zero-order valence-electron chi connectivity index (χ0n) is 10.2. The molecular formula is C13H13BrN2O2. The van der Waals surface area contributed by atoms with Crippen LogP contribution < -0.4 is 0 Å². The maximum absolute atomic E-state index is 11.8. The lowest BCUT2D eigenvalue weighted by Gasteiger charge is -2.05. The quantitative estimate of drug-likeness (QED) is 0.819. The maximum Gasteiger partial charge on any atom is 0.357 e. The molecule has 1 aromatic heterocycles. The van der Waals surface area contributed by atoms with Gasteiger partial charge in [0.25, 0.3) is 0 Å². The molecule has 2 rings (SSSR count). The van der Waals surface area contributed by atoms with E-state index < -0.39 is 0 Å². The zero-order chi connectivity index (χ0) is 13.1. The van der Waals surface area contributed by atoms with Gasteiger partial charge in [0.05, 0.1) is 6.61 Å². The SMILES string of the molecule is CCOC(=O)c1c(Br)nc(-c2ccccc2)n1C. The first-order valence-corrected chi connectivity index (χ1v) is 6.39. The molecule has 2 aromatic rings. The van der Waals surface area contributed by atoms with E-state index in [2.05, 4.69) is 20.9 Å². The number of aromatic nitrogens is 2. The Morgan fingerprint density at radius 2 is 2.06 bits per heavy atom. The number of carbonyl (C=O) groups excluding carboxylic acids is 1. The number of carbonyl (C=O) groups is 1. The van der Waals surface area contributed by atoms with Gasteiger partial charge in [0.15, 0.2) is 5.69 Å². The zero-order valence-corrected chi connectivity index (χ0v) is 11.8. The summed E-state index contributed by atoms with van der Waals surface area (Å²) < 4.78 is 7.24. The van der Waals surface area contributed by atoms with Crippen LogP contribution in [0.1, 0.15) is 17.4 Å². The Bertz CT molecular complexity index is 564. The van der Waals surface area contributed by atoms with Crippen LogP contribution in [0.2, 0.25) is 0 Å². The smallest absolute Gasteiger partial charge is 0.357 e. The summed E-state index contributed by atoms with van der Waals surface area (Å²) in [6, 6.07) is 9.70. The normalized spacial score (nSPS) is 10.4. The van der Waals surface area contributed by atoms with Gasteiger partial charge in [-0.1, -0.05) is 30.3 Å². The fourth-order valence-corrected chi connectivity index (χ4v) is 2.33. The van der Waals surface area contributed by atoms with Crippen molar-refractivity contribution in [3.8, 4) is 11.4 Å². The largest absolute Gasteiger partial charge is 0.461 e. The lowest BCUT2D eigenvalue weighted by Crippen LogP contribution is -2.10. The highest BCUT2D eigenvalue weighted by atomic mass is 79.9. The first-order chi connectivity index (χ1) is 8.65. The second-order valence-corrected chi connectivity index (χ2v) is 4.47. The molecule has 0 aliphatic heterocycles. The lowest BCUT2D eigenvalue weighted by molar-refractivity contribution is 0.0514. The Balaban J connectivity index is 2.47. The monoisotopic (exact) mass is 308 g/mol. The summed E-state index contributed by atoms with van der Waals surface area (Å²) in [6.45, 7) is 2.12. The van der Waals surface area contributed by atoms with E-state index >= 15 is 0 Å². The van der Waals surface area contributed by atoms with Gasteiger partial charge in [-0.25, -0.2) is 9.78 Å². The predicted octanol–water partition coefficient (Wildman–Crippen LogP) is 3.03. The Morgan fingerprint density at radius 3 is 2.67 bits per heavy atom. The molecular weight excluding hydrogens is 296 g/mol. The first-order valence-electron chi connectivity index (χ1n) is 5.60. The van der Waals surface area contributed by atoms with Crippen LogP contribution in [0.3, 0.4) is 0 Å². The van der Waals surface area contributed by atoms with Gasteiger partial charge >= 0.3 is 5.97 Å². The summed E-state index contributed by atoms with van der Waals surface area (Å²) in [5.41, 5.74) is 1.38. The summed E-state index contributed by atoms with van der Waals surface area (Å²) >= 11 is 3.30. The topological polar surface area (TPSA) is 44.1 Å². The van der Waals surface area contributed by atoms with Crippen LogP contribution in [0.15, 0.2) is 34.9 Å². The van der Waals surface area contributed by atoms with Crippen molar-refractivity contribution in [2.24, 2.45) is 7.05 Å². The molecule has 0 unspecified atom stereocenters. The van der Waals surface area contributed by atoms with Gasteiger partial charge in [-0.3, -0.25) is 0 Å². The molecule has 18 heavy (non-hydrogen) atoms. The number of ether oxygens (including phenoxy) is 1. The van der Waals surface area contributed by atoms with Crippen molar-refractivity contribution in [3.05, 3.63) is 40.6 Å². The molecule has 0 spiro atoms. The predicted molar refractivity (Wildman–Crippen MR) is 72.3 cm³/mol. The Labute approximate surface area is 114 Å². The molecule has 0 radical (unpaired) electrons. The standard InChI is InChI=1S/C13H13BrN2O2/c1-3-18-13(17)10-11(14)15-12(16(10)2)9-7-5-4-6-8-9/h4-8H,3H2,1-2H3. The molecule has 5 heteroatoms. The minimum absolute atomic E-state index is 0.344. The summed E-state index contributed by atoms with van der Waals surface area (Å²) in [5, 5.41) is 0. The molecule has 0 amide bonds. The van der Waals surface area contributed by atoms with E-state index in [1.165, 1.54) is 0 Å². The Hall–Kier alpha value is -1.62. The number of hydrogen-bond donors (Lipinski definition) is 0. The number of hydrogen-bond acceptors (Lipinski definition) is 3. The molecule has 0 bridgehead atoms. The van der Waals surface area contributed by atoms with Crippen LogP contribution in [-0.4, -0.2) is 22.1 Å². The van der Waals surface area contributed by atoms with Crippen molar-refractivity contribution in [2.75, 3.05) is 6.61 Å². The molecule has 94 valence electrons. The maximum atomic E-state index is 11.8. The summed E-state index contributed by atoms with van der Waals surface area (Å²) in [6.07, 6.45) is 0. The molecule has 0 saturated heterocycles. The van der Waals surface area contributed by atoms with Gasteiger partial charge in [0.1, 0.15) is 10.4 Å². The summed E-state index contributed by atoms with van der Waals surface area (Å²) in [4.78, 5) is 16.2. The molecule has 4 nitrogen and oxygen atoms in total. The highest BCUT2D eigenvalue weighted by molar-refractivity contribution is 9.10. The number of nitrogens with zero attached hydrogens (tertiary/aromatic N) is 2. The highest BCUT2D eigenvalue weighted by Crippen LogP contribution is 2.25. The minimum Gasteiger partial charge on any atom is -0.461 e. The highest BCUT2D eigenvalue weighted by Gasteiger charge is 2.21. The molecule has 0 atom stereocenters. The van der Waals surface area contributed by atoms with Gasteiger partial charge in [-0.15, -0.1) is 0 Å². The van der Waals surface area contributed by atoms with Gasteiger partial charge in [-0.2, -0.15) is 0 Å². The van der Waals surface area contributed by atoms with Crippen LogP contribution in [0.25, 0.3) is 11.4 Å². The second-order valence-electron chi connectivity index (χ2n) is 3.72. The molecule has 1 aromatic carbocycles. The molecule has 0 aliphatic rings. The van der Waals surface area contributed by atoms with Crippen LogP contribution in [0.4, 0.5) is 0 Å². The fourth-order valence-electron chi connectivity index (χ4n) is 1.73. The van der Waals surface area contributed by atoms with E-state index in [-0.39, 0.29) is 5.97 Å². The fraction of sp³-hybridized carbons (Fsp3) is 0.231. The average molecular weight is 309 g/mol. The molecule has 0 aliphatic carbocycles. The third kappa shape index (κ3) is 2.31. The van der Waals surface area contributed by atoms with Gasteiger partial charge in [-0.05, 0) is 22.9 Å². The van der Waals surface area contributed by atoms with E-state index in [0.717, 1.165) is 11.4 Å². The van der Waals surface area contributed by atoms with Crippen molar-refractivity contribution in [3.63, 3.8) is 0 Å². The van der Waals surface area contributed by atoms with Crippen LogP contribution in [0, 0.1) is 0 Å². The Morgan fingerprint density at radius 1 is 1.39 bits per heavy atom. The van der Waals surface area contributed by atoms with E-state index in [1.54, 1.807) is 18.5 Å². The van der Waals surface area contributed by atoms with E-state index in [9.17, 15) is 4.79 Å². The van der Waals surface area contributed by atoms with Gasteiger partial charge < -0.3 is 9.30 Å². The minimum atomic E-state index is -0.374. The number of benzene rings is 1. The first kappa shape index (κ1) is 12.8. The second kappa shape index (κ2) is 5.35. The van der Waals surface area contributed by atoms with Crippen LogP contribution in [0.5, 0.6) is 0 Å². The van der Waals surface area contributed by atoms with E-state index in [0.29, 0.717) is 16.9 Å². The number of esters is 1. The summed E-state index contributed by atoms with van der Waals surface area (Å²) in [5.74, 6) is 0.354. The van der Waals surface area contributed by atoms with Crippen LogP contribution in [-0.2, 0) is 11.8 Å².